The van der Waals surface area contributed by atoms with Crippen molar-refractivity contribution in [1.29, 1.82) is 0 Å². The molecule has 0 radical (unpaired) electrons. The van der Waals surface area contributed by atoms with Crippen molar-refractivity contribution in [2.45, 2.75) is 19.4 Å². The largest absolute Gasteiger partial charge is 0.478 e. The highest BCUT2D eigenvalue weighted by molar-refractivity contribution is 6.33. The van der Waals surface area contributed by atoms with E-state index in [-0.39, 0.29) is 22.7 Å². The number of benzene rings is 1. The lowest BCUT2D eigenvalue weighted by Crippen LogP contribution is -2.38. The van der Waals surface area contributed by atoms with Crippen LogP contribution in [-0.4, -0.2) is 47.8 Å². The van der Waals surface area contributed by atoms with Gasteiger partial charge in [0, 0.05) is 25.4 Å². The summed E-state index contributed by atoms with van der Waals surface area (Å²) in [6, 6.07) is 4.08. The van der Waals surface area contributed by atoms with E-state index >= 15 is 0 Å². The molecule has 1 fully saturated rings. The second-order valence-corrected chi connectivity index (χ2v) is 5.32. The zero-order valence-electron chi connectivity index (χ0n) is 11.6. The molecule has 0 aliphatic carbocycles. The fourth-order valence-electron chi connectivity index (χ4n) is 2.15. The molecule has 1 heterocycles. The van der Waals surface area contributed by atoms with E-state index in [0.29, 0.717) is 25.4 Å². The second kappa shape index (κ2) is 6.78. The quantitative estimate of drug-likeness (QED) is 0.880. The summed E-state index contributed by atoms with van der Waals surface area (Å²) in [4.78, 5) is 24.8. The van der Waals surface area contributed by atoms with Gasteiger partial charge in [0.25, 0.3) is 0 Å². The zero-order chi connectivity index (χ0) is 15.4. The van der Waals surface area contributed by atoms with Crippen LogP contribution in [0.25, 0.3) is 0 Å². The molecule has 1 saturated heterocycles. The second-order valence-electron chi connectivity index (χ2n) is 4.91. The van der Waals surface area contributed by atoms with Crippen molar-refractivity contribution in [2.24, 2.45) is 0 Å². The van der Waals surface area contributed by atoms with Gasteiger partial charge in [0.2, 0.25) is 0 Å². The third-order valence-electron chi connectivity index (χ3n) is 3.19. The van der Waals surface area contributed by atoms with Crippen molar-refractivity contribution < 1.29 is 19.4 Å². The van der Waals surface area contributed by atoms with E-state index < -0.39 is 5.97 Å². The topological polar surface area (TPSA) is 78.9 Å². The highest BCUT2D eigenvalue weighted by Gasteiger charge is 2.20. The molecule has 0 saturated carbocycles. The van der Waals surface area contributed by atoms with E-state index in [2.05, 4.69) is 5.32 Å². The minimum absolute atomic E-state index is 0.00350. The van der Waals surface area contributed by atoms with Crippen molar-refractivity contribution in [3.8, 4) is 0 Å². The summed E-state index contributed by atoms with van der Waals surface area (Å²) in [5.74, 6) is -1.10. The maximum absolute atomic E-state index is 12.2. The Morgan fingerprint density at radius 2 is 2.24 bits per heavy atom. The van der Waals surface area contributed by atoms with Crippen LogP contribution in [0.5, 0.6) is 0 Å². The van der Waals surface area contributed by atoms with Gasteiger partial charge in [-0.2, -0.15) is 0 Å². The number of carbonyl (C=O) groups is 2. The van der Waals surface area contributed by atoms with E-state index in [4.69, 9.17) is 21.4 Å². The lowest BCUT2D eigenvalue weighted by atomic mass is 10.2. The lowest BCUT2D eigenvalue weighted by Gasteiger charge is -2.22. The van der Waals surface area contributed by atoms with Gasteiger partial charge in [0.05, 0.1) is 16.7 Å². The zero-order valence-corrected chi connectivity index (χ0v) is 12.4. The molecule has 7 heteroatoms. The Bertz CT molecular complexity index is 550. The molecule has 2 N–H and O–H groups in total. The minimum atomic E-state index is -1.10. The molecule has 6 nitrogen and oxygen atoms in total. The predicted molar refractivity (Wildman–Crippen MR) is 79.0 cm³/mol. The molecule has 0 aromatic heterocycles. The Kier molecular flexibility index (Phi) is 5.03. The number of ether oxygens (including phenoxy) is 1. The van der Waals surface area contributed by atoms with E-state index in [1.807, 2.05) is 6.92 Å². The van der Waals surface area contributed by atoms with E-state index in [1.165, 1.54) is 18.2 Å². The number of nitrogens with zero attached hydrogens (tertiary/aromatic N) is 1. The molecule has 1 aromatic rings. The van der Waals surface area contributed by atoms with Crippen LogP contribution in [0.4, 0.5) is 10.5 Å². The number of urea groups is 1. The number of hydrogen-bond donors (Lipinski definition) is 2. The van der Waals surface area contributed by atoms with Crippen LogP contribution in [0.15, 0.2) is 18.2 Å². The first-order valence-corrected chi connectivity index (χ1v) is 7.05. The molecule has 0 spiro atoms. The van der Waals surface area contributed by atoms with Crippen LogP contribution < -0.4 is 5.32 Å². The molecule has 0 bridgehead atoms. The third-order valence-corrected chi connectivity index (χ3v) is 3.50. The smallest absolute Gasteiger partial charge is 0.337 e. The fraction of sp³-hybridized carbons (Fsp3) is 0.429. The summed E-state index contributed by atoms with van der Waals surface area (Å²) >= 11 is 5.88. The molecule has 1 atom stereocenters. The Morgan fingerprint density at radius 3 is 2.90 bits per heavy atom. The number of aromatic carboxylic acids is 1. The average molecular weight is 313 g/mol. The van der Waals surface area contributed by atoms with Crippen LogP contribution in [-0.2, 0) is 4.74 Å². The minimum Gasteiger partial charge on any atom is -0.478 e. The molecular formula is C14H17ClN2O4. The Balaban J connectivity index is 2.05. The van der Waals surface area contributed by atoms with Gasteiger partial charge < -0.3 is 20.1 Å². The van der Waals surface area contributed by atoms with Gasteiger partial charge in [0.15, 0.2) is 0 Å². The van der Waals surface area contributed by atoms with E-state index in [0.717, 1.165) is 6.42 Å². The van der Waals surface area contributed by atoms with Crippen molar-refractivity contribution in [3.05, 3.63) is 28.8 Å². The number of carboxylic acids is 1. The average Bonchev–Trinajstić information content (AvgIpc) is 2.63. The standard InChI is InChI=1S/C14H17ClN2O4/c1-9-8-17(5-2-6-21-9)14(20)16-10-3-4-11(13(18)19)12(15)7-10/h3-4,7,9H,2,5-6,8H2,1H3,(H,16,20)(H,18,19). The van der Waals surface area contributed by atoms with Gasteiger partial charge in [-0.1, -0.05) is 11.6 Å². The van der Waals surface area contributed by atoms with Crippen molar-refractivity contribution in [3.63, 3.8) is 0 Å². The van der Waals surface area contributed by atoms with Gasteiger partial charge in [-0.3, -0.25) is 0 Å². The predicted octanol–water partition coefficient (Wildman–Crippen LogP) is 2.68. The van der Waals surface area contributed by atoms with Gasteiger partial charge in [-0.15, -0.1) is 0 Å². The fourth-order valence-corrected chi connectivity index (χ4v) is 2.41. The number of anilines is 1. The number of hydrogen-bond acceptors (Lipinski definition) is 3. The molecule has 2 rings (SSSR count). The number of carboxylic acid groups (broad SMARTS) is 1. The summed E-state index contributed by atoms with van der Waals surface area (Å²) in [6.07, 6.45) is 0.785. The molecule has 1 unspecified atom stereocenters. The molecular weight excluding hydrogens is 296 g/mol. The number of halogens is 1. The summed E-state index contributed by atoms with van der Waals surface area (Å²) in [5.41, 5.74) is 0.472. The van der Waals surface area contributed by atoms with Crippen LogP contribution in [0.3, 0.4) is 0 Å². The Labute approximate surface area is 127 Å². The Hall–Kier alpha value is -1.79. The molecule has 1 aliphatic rings. The maximum Gasteiger partial charge on any atom is 0.337 e. The highest BCUT2D eigenvalue weighted by atomic mass is 35.5. The third kappa shape index (κ3) is 4.09. The molecule has 1 aliphatic heterocycles. The number of carbonyl (C=O) groups excluding carboxylic acids is 1. The van der Waals surface area contributed by atoms with E-state index in [1.54, 1.807) is 4.90 Å². The van der Waals surface area contributed by atoms with Crippen LogP contribution in [0.2, 0.25) is 5.02 Å². The number of amides is 2. The SMILES string of the molecule is CC1CN(C(=O)Nc2ccc(C(=O)O)c(Cl)c2)CCCO1. The van der Waals surface area contributed by atoms with Gasteiger partial charge in [-0.05, 0) is 31.5 Å². The molecule has 21 heavy (non-hydrogen) atoms. The van der Waals surface area contributed by atoms with Crippen LogP contribution in [0.1, 0.15) is 23.7 Å². The van der Waals surface area contributed by atoms with Gasteiger partial charge in [0.1, 0.15) is 0 Å². The van der Waals surface area contributed by atoms with Gasteiger partial charge >= 0.3 is 12.0 Å². The highest BCUT2D eigenvalue weighted by Crippen LogP contribution is 2.21. The van der Waals surface area contributed by atoms with Crippen LogP contribution in [0, 0.1) is 0 Å². The van der Waals surface area contributed by atoms with E-state index in [9.17, 15) is 9.59 Å². The summed E-state index contributed by atoms with van der Waals surface area (Å²) in [5, 5.41) is 11.7. The molecule has 114 valence electrons. The first-order chi connectivity index (χ1) is 9.97. The lowest BCUT2D eigenvalue weighted by molar-refractivity contribution is 0.0696. The van der Waals surface area contributed by atoms with Crippen LogP contribution >= 0.6 is 11.6 Å². The molecule has 2 amide bonds. The number of rotatable bonds is 2. The van der Waals surface area contributed by atoms with Gasteiger partial charge in [-0.25, -0.2) is 9.59 Å². The summed E-state index contributed by atoms with van der Waals surface area (Å²) < 4.78 is 5.49. The normalized spacial score (nSPS) is 19.0. The summed E-state index contributed by atoms with van der Waals surface area (Å²) in [6.45, 7) is 3.71. The molecule has 1 aromatic carbocycles. The van der Waals surface area contributed by atoms with Crippen molar-refractivity contribution in [2.75, 3.05) is 25.0 Å². The maximum atomic E-state index is 12.2. The summed E-state index contributed by atoms with van der Waals surface area (Å²) in [7, 11) is 0. The van der Waals surface area contributed by atoms with Crippen molar-refractivity contribution >= 4 is 29.3 Å². The first kappa shape index (κ1) is 15.6. The first-order valence-electron chi connectivity index (χ1n) is 6.67. The Morgan fingerprint density at radius 1 is 1.48 bits per heavy atom. The number of nitrogens with one attached hydrogen (secondary N) is 1. The van der Waals surface area contributed by atoms with Crippen molar-refractivity contribution in [1.82, 2.24) is 4.90 Å². The monoisotopic (exact) mass is 312 g/mol.